The number of aryl methyl sites for hydroxylation is 1. The summed E-state index contributed by atoms with van der Waals surface area (Å²) in [7, 11) is 0. The molecule has 0 saturated carbocycles. The van der Waals surface area contributed by atoms with Crippen LogP contribution in [-0.2, 0) is 0 Å². The van der Waals surface area contributed by atoms with Gasteiger partial charge in [0.05, 0.1) is 0 Å². The third-order valence-corrected chi connectivity index (χ3v) is 3.90. The van der Waals surface area contributed by atoms with Crippen LogP contribution in [0.5, 0.6) is 0 Å². The van der Waals surface area contributed by atoms with Gasteiger partial charge in [0, 0.05) is 24.6 Å². The van der Waals surface area contributed by atoms with Crippen molar-refractivity contribution in [3.05, 3.63) is 35.1 Å². The first kappa shape index (κ1) is 17.8. The second kappa shape index (κ2) is 8.93. The predicted molar refractivity (Wildman–Crippen MR) is 86.3 cm³/mol. The number of unbranched alkanes of at least 4 members (excludes halogenated alkanes) is 2. The van der Waals surface area contributed by atoms with Gasteiger partial charge in [-0.2, -0.15) is 0 Å². The highest BCUT2D eigenvalue weighted by atomic mass is 19.1. The van der Waals surface area contributed by atoms with Gasteiger partial charge in [-0.1, -0.05) is 31.9 Å². The molecule has 0 aromatic heterocycles. The number of carbonyl (C=O) groups excluding carboxylic acids is 1. The standard InChI is InChI=1S/C18H28FNO/c1-5-6-7-11-20(14(2)3)12-10-18(21)16-9-8-15(4)17(19)13-16/h8-9,13-14H,5-7,10-12H2,1-4H3. The van der Waals surface area contributed by atoms with Gasteiger partial charge in [-0.25, -0.2) is 4.39 Å². The van der Waals surface area contributed by atoms with Crippen molar-refractivity contribution in [2.75, 3.05) is 13.1 Å². The van der Waals surface area contributed by atoms with E-state index in [0.29, 0.717) is 23.6 Å². The highest BCUT2D eigenvalue weighted by Gasteiger charge is 2.13. The van der Waals surface area contributed by atoms with Crippen LogP contribution in [0.4, 0.5) is 4.39 Å². The molecule has 0 spiro atoms. The summed E-state index contributed by atoms with van der Waals surface area (Å²) < 4.78 is 13.5. The minimum Gasteiger partial charge on any atom is -0.300 e. The highest BCUT2D eigenvalue weighted by molar-refractivity contribution is 5.96. The van der Waals surface area contributed by atoms with Gasteiger partial charge in [0.1, 0.15) is 5.82 Å². The molecule has 21 heavy (non-hydrogen) atoms. The van der Waals surface area contributed by atoms with Crippen LogP contribution < -0.4 is 0 Å². The Morgan fingerprint density at radius 2 is 1.95 bits per heavy atom. The topological polar surface area (TPSA) is 20.3 Å². The fraction of sp³-hybridized carbons (Fsp3) is 0.611. The number of nitrogens with zero attached hydrogens (tertiary/aromatic N) is 1. The van der Waals surface area contributed by atoms with E-state index in [1.807, 2.05) is 0 Å². The number of halogens is 1. The minimum atomic E-state index is -0.301. The molecule has 2 nitrogen and oxygen atoms in total. The molecule has 0 saturated heterocycles. The summed E-state index contributed by atoms with van der Waals surface area (Å²) in [6.07, 6.45) is 4.04. The van der Waals surface area contributed by atoms with Crippen molar-refractivity contribution in [1.29, 1.82) is 0 Å². The molecule has 0 N–H and O–H groups in total. The lowest BCUT2D eigenvalue weighted by atomic mass is 10.1. The van der Waals surface area contributed by atoms with Gasteiger partial charge in [-0.3, -0.25) is 4.79 Å². The first-order valence-electron chi connectivity index (χ1n) is 7.99. The monoisotopic (exact) mass is 293 g/mol. The van der Waals surface area contributed by atoms with Gasteiger partial charge in [0.15, 0.2) is 5.78 Å². The Kier molecular flexibility index (Phi) is 7.58. The molecule has 0 amide bonds. The molecular weight excluding hydrogens is 265 g/mol. The lowest BCUT2D eigenvalue weighted by Crippen LogP contribution is -2.33. The maximum Gasteiger partial charge on any atom is 0.164 e. The van der Waals surface area contributed by atoms with E-state index in [-0.39, 0.29) is 11.6 Å². The van der Waals surface area contributed by atoms with Crippen molar-refractivity contribution < 1.29 is 9.18 Å². The first-order chi connectivity index (χ1) is 9.95. The zero-order valence-electron chi connectivity index (χ0n) is 13.8. The number of rotatable bonds is 9. The van der Waals surface area contributed by atoms with Crippen LogP contribution in [0.15, 0.2) is 18.2 Å². The quantitative estimate of drug-likeness (QED) is 0.489. The third-order valence-electron chi connectivity index (χ3n) is 3.90. The molecule has 0 fully saturated rings. The van der Waals surface area contributed by atoms with Crippen LogP contribution in [0.1, 0.15) is 62.4 Å². The second-order valence-corrected chi connectivity index (χ2v) is 5.97. The molecule has 0 heterocycles. The SMILES string of the molecule is CCCCCN(CCC(=O)c1ccc(C)c(F)c1)C(C)C. The Bertz CT molecular complexity index is 457. The molecule has 0 aliphatic rings. The summed E-state index contributed by atoms with van der Waals surface area (Å²) in [5.74, 6) is -0.278. The molecule has 0 aliphatic heterocycles. The lowest BCUT2D eigenvalue weighted by molar-refractivity contribution is 0.0954. The van der Waals surface area contributed by atoms with Crippen LogP contribution >= 0.6 is 0 Å². The van der Waals surface area contributed by atoms with E-state index in [9.17, 15) is 9.18 Å². The van der Waals surface area contributed by atoms with Gasteiger partial charge in [0.2, 0.25) is 0 Å². The van der Waals surface area contributed by atoms with Crippen molar-refractivity contribution in [1.82, 2.24) is 4.90 Å². The van der Waals surface area contributed by atoms with E-state index in [2.05, 4.69) is 25.7 Å². The third kappa shape index (κ3) is 5.96. The van der Waals surface area contributed by atoms with Crippen molar-refractivity contribution in [3.8, 4) is 0 Å². The summed E-state index contributed by atoms with van der Waals surface area (Å²) in [6.45, 7) is 9.98. The fourth-order valence-electron chi connectivity index (χ4n) is 2.35. The van der Waals surface area contributed by atoms with E-state index in [1.54, 1.807) is 19.1 Å². The van der Waals surface area contributed by atoms with E-state index < -0.39 is 0 Å². The van der Waals surface area contributed by atoms with Crippen LogP contribution in [0.3, 0.4) is 0 Å². The molecule has 1 aromatic rings. The number of Topliss-reactive ketones (excluding diaryl/α,β-unsaturated/α-hetero) is 1. The normalized spacial score (nSPS) is 11.4. The molecule has 118 valence electrons. The summed E-state index contributed by atoms with van der Waals surface area (Å²) in [5.41, 5.74) is 1.06. The van der Waals surface area contributed by atoms with E-state index in [4.69, 9.17) is 0 Å². The lowest BCUT2D eigenvalue weighted by Gasteiger charge is -2.26. The van der Waals surface area contributed by atoms with Crippen molar-refractivity contribution in [3.63, 3.8) is 0 Å². The summed E-state index contributed by atoms with van der Waals surface area (Å²) in [6, 6.07) is 5.18. The van der Waals surface area contributed by atoms with Crippen molar-refractivity contribution in [2.45, 2.75) is 59.4 Å². The number of hydrogen-bond acceptors (Lipinski definition) is 2. The molecule has 0 aliphatic carbocycles. The smallest absolute Gasteiger partial charge is 0.164 e. The van der Waals surface area contributed by atoms with Crippen LogP contribution in [0.2, 0.25) is 0 Å². The zero-order chi connectivity index (χ0) is 15.8. The molecule has 1 rings (SSSR count). The average Bonchev–Trinajstić information content (AvgIpc) is 2.44. The fourth-order valence-corrected chi connectivity index (χ4v) is 2.35. The second-order valence-electron chi connectivity index (χ2n) is 5.97. The van der Waals surface area contributed by atoms with Crippen LogP contribution in [0, 0.1) is 12.7 Å². The molecule has 3 heteroatoms. The van der Waals surface area contributed by atoms with Gasteiger partial charge in [0.25, 0.3) is 0 Å². The van der Waals surface area contributed by atoms with Gasteiger partial charge in [-0.15, -0.1) is 0 Å². The Morgan fingerprint density at radius 1 is 1.24 bits per heavy atom. The van der Waals surface area contributed by atoms with E-state index in [1.165, 1.54) is 25.3 Å². The average molecular weight is 293 g/mol. The van der Waals surface area contributed by atoms with Crippen LogP contribution in [-0.4, -0.2) is 29.8 Å². The highest BCUT2D eigenvalue weighted by Crippen LogP contribution is 2.12. The summed E-state index contributed by atoms with van der Waals surface area (Å²) in [5, 5.41) is 0. The van der Waals surface area contributed by atoms with Crippen LogP contribution in [0.25, 0.3) is 0 Å². The molecule has 1 aromatic carbocycles. The predicted octanol–water partition coefficient (Wildman–Crippen LogP) is 4.61. The van der Waals surface area contributed by atoms with Crippen molar-refractivity contribution >= 4 is 5.78 Å². The minimum absolute atomic E-state index is 0.0232. The zero-order valence-corrected chi connectivity index (χ0v) is 13.8. The Labute approximate surface area is 128 Å². The number of ketones is 1. The Morgan fingerprint density at radius 3 is 2.52 bits per heavy atom. The molecule has 0 atom stereocenters. The van der Waals surface area contributed by atoms with Gasteiger partial charge >= 0.3 is 0 Å². The summed E-state index contributed by atoms with van der Waals surface area (Å²) >= 11 is 0. The number of benzene rings is 1. The summed E-state index contributed by atoms with van der Waals surface area (Å²) in [4.78, 5) is 14.5. The molecule has 0 unspecified atom stereocenters. The maximum absolute atomic E-state index is 13.5. The molecule has 0 radical (unpaired) electrons. The van der Waals surface area contributed by atoms with Gasteiger partial charge < -0.3 is 4.90 Å². The Balaban J connectivity index is 2.54. The largest absolute Gasteiger partial charge is 0.300 e. The Hall–Kier alpha value is -1.22. The van der Waals surface area contributed by atoms with E-state index in [0.717, 1.165) is 13.1 Å². The maximum atomic E-state index is 13.5. The molecule has 0 bridgehead atoms. The number of hydrogen-bond donors (Lipinski definition) is 0. The van der Waals surface area contributed by atoms with E-state index >= 15 is 0 Å². The molecular formula is C18H28FNO. The number of carbonyl (C=O) groups is 1. The van der Waals surface area contributed by atoms with Gasteiger partial charge in [-0.05, 0) is 45.4 Å². The first-order valence-corrected chi connectivity index (χ1v) is 7.99. The van der Waals surface area contributed by atoms with Crippen molar-refractivity contribution in [2.24, 2.45) is 0 Å².